The Morgan fingerprint density at radius 1 is 0.875 bits per heavy atom. The minimum Gasteiger partial charge on any atom is -0.497 e. The molecule has 0 fully saturated rings. The largest absolute Gasteiger partial charge is 0.497 e. The van der Waals surface area contributed by atoms with E-state index in [0.717, 1.165) is 34.3 Å². The van der Waals surface area contributed by atoms with Crippen molar-refractivity contribution in [3.63, 3.8) is 0 Å². The first kappa shape index (κ1) is 22.6. The van der Waals surface area contributed by atoms with Gasteiger partial charge in [-0.3, -0.25) is 0 Å². The fourth-order valence-corrected chi connectivity index (χ4v) is 4.37. The van der Waals surface area contributed by atoms with Gasteiger partial charge in [0.1, 0.15) is 17.3 Å². The Morgan fingerprint density at radius 2 is 1.59 bits per heavy atom. The molecule has 0 spiro atoms. The van der Waals surface area contributed by atoms with Gasteiger partial charge in [-0.05, 0) is 82.6 Å². The van der Waals surface area contributed by atoms with Crippen molar-refractivity contribution < 1.29 is 26.5 Å². The molecule has 1 aliphatic carbocycles. The van der Waals surface area contributed by atoms with Gasteiger partial charge in [0.05, 0.1) is 12.1 Å². The molecular formula is C24H17ClF4O2S. The number of halogens is 5. The van der Waals surface area contributed by atoms with Gasteiger partial charge in [-0.2, -0.15) is 13.2 Å². The second kappa shape index (κ2) is 9.08. The van der Waals surface area contributed by atoms with Crippen molar-refractivity contribution in [3.05, 3.63) is 93.8 Å². The Balaban J connectivity index is 1.84. The Kier molecular flexibility index (Phi) is 6.40. The van der Waals surface area contributed by atoms with Crippen molar-refractivity contribution in [1.29, 1.82) is 0 Å². The minimum atomic E-state index is -4.49. The van der Waals surface area contributed by atoms with Crippen molar-refractivity contribution >= 4 is 34.8 Å². The van der Waals surface area contributed by atoms with E-state index >= 15 is 0 Å². The van der Waals surface area contributed by atoms with Gasteiger partial charge in [-0.15, -0.1) is 0 Å². The van der Waals surface area contributed by atoms with Crippen LogP contribution in [0.3, 0.4) is 0 Å². The first-order valence-electron chi connectivity index (χ1n) is 9.64. The van der Waals surface area contributed by atoms with E-state index in [9.17, 15) is 17.6 Å². The molecule has 0 aliphatic heterocycles. The average molecular weight is 481 g/mol. The van der Waals surface area contributed by atoms with Crippen LogP contribution in [-0.4, -0.2) is 12.6 Å². The molecule has 0 unspecified atom stereocenters. The van der Waals surface area contributed by atoms with Crippen molar-refractivity contribution in [2.24, 2.45) is 0 Å². The van der Waals surface area contributed by atoms with Crippen LogP contribution in [0.15, 0.2) is 60.7 Å². The molecule has 0 heterocycles. The molecule has 0 amide bonds. The van der Waals surface area contributed by atoms with E-state index in [1.807, 2.05) is 18.2 Å². The van der Waals surface area contributed by atoms with Crippen LogP contribution >= 0.6 is 23.6 Å². The van der Waals surface area contributed by atoms with Crippen molar-refractivity contribution in [2.75, 3.05) is 7.11 Å². The van der Waals surface area contributed by atoms with Crippen LogP contribution in [0.4, 0.5) is 17.6 Å². The van der Waals surface area contributed by atoms with Crippen LogP contribution in [0, 0.1) is 5.82 Å². The Bertz CT molecular complexity index is 1170. The van der Waals surface area contributed by atoms with Gasteiger partial charge in [0.25, 0.3) is 0 Å². The average Bonchev–Trinajstić information content (AvgIpc) is 2.76. The summed E-state index contributed by atoms with van der Waals surface area (Å²) in [4.78, 5) is 0. The molecule has 32 heavy (non-hydrogen) atoms. The number of rotatable bonds is 5. The summed E-state index contributed by atoms with van der Waals surface area (Å²) in [6.45, 7) is 0. The summed E-state index contributed by atoms with van der Waals surface area (Å²) in [6.07, 6.45) is 1.43. The SMILES string of the molecule is COc1ccc2c(c1)C(c1ccc(OSC(F)(F)F)cc1)=C(c1ccc(F)cc1Cl)CC2. The molecule has 0 atom stereocenters. The maximum Gasteiger partial charge on any atom is 0.479 e. The third-order valence-corrected chi connectivity index (χ3v) is 5.94. The summed E-state index contributed by atoms with van der Waals surface area (Å²) in [5.41, 5.74) is 0.832. The highest BCUT2D eigenvalue weighted by Gasteiger charge is 2.31. The Morgan fingerprint density at radius 3 is 2.25 bits per heavy atom. The van der Waals surface area contributed by atoms with E-state index in [2.05, 4.69) is 0 Å². The topological polar surface area (TPSA) is 18.5 Å². The van der Waals surface area contributed by atoms with Crippen LogP contribution in [0.25, 0.3) is 11.1 Å². The van der Waals surface area contributed by atoms with E-state index in [0.29, 0.717) is 22.8 Å². The number of allylic oxidation sites excluding steroid dienone is 1. The standard InChI is InChI=1S/C24H17ClF4O2S/c1-30-18-9-2-14-5-10-20(19-11-6-16(26)12-22(19)25)23(21(14)13-18)15-3-7-17(8-4-15)31-32-24(27,28)29/h2-4,6-9,11-13H,5,10H2,1H3. The number of alkyl halides is 3. The fraction of sp³-hybridized carbons (Fsp3) is 0.167. The summed E-state index contributed by atoms with van der Waals surface area (Å²) >= 11 is 5.82. The molecule has 0 aromatic heterocycles. The molecule has 3 aromatic rings. The van der Waals surface area contributed by atoms with Crippen LogP contribution in [0.2, 0.25) is 5.02 Å². The molecule has 0 bridgehead atoms. The third-order valence-electron chi connectivity index (χ3n) is 5.16. The summed E-state index contributed by atoms with van der Waals surface area (Å²) < 4.78 is 61.1. The molecule has 2 nitrogen and oxygen atoms in total. The summed E-state index contributed by atoms with van der Waals surface area (Å²) in [6, 6.07) is 16.5. The van der Waals surface area contributed by atoms with Crippen LogP contribution in [0.5, 0.6) is 11.5 Å². The quantitative estimate of drug-likeness (QED) is 0.273. The minimum absolute atomic E-state index is 0.0831. The van der Waals surface area contributed by atoms with Crippen LogP contribution in [-0.2, 0) is 6.42 Å². The zero-order chi connectivity index (χ0) is 22.9. The molecular weight excluding hydrogens is 464 g/mol. The van der Waals surface area contributed by atoms with Gasteiger partial charge in [0.2, 0.25) is 0 Å². The van der Waals surface area contributed by atoms with Gasteiger partial charge in [-0.25, -0.2) is 4.39 Å². The lowest BCUT2D eigenvalue weighted by molar-refractivity contribution is -0.0369. The van der Waals surface area contributed by atoms with Crippen molar-refractivity contribution in [3.8, 4) is 11.5 Å². The lowest BCUT2D eigenvalue weighted by atomic mass is 9.79. The predicted octanol–water partition coefficient (Wildman–Crippen LogP) is 7.94. The highest BCUT2D eigenvalue weighted by Crippen LogP contribution is 2.44. The number of hydrogen-bond acceptors (Lipinski definition) is 3. The van der Waals surface area contributed by atoms with E-state index in [1.54, 1.807) is 25.3 Å². The maximum absolute atomic E-state index is 13.7. The molecule has 0 N–H and O–H groups in total. The summed E-state index contributed by atoms with van der Waals surface area (Å²) in [5.74, 6) is 0.330. The van der Waals surface area contributed by atoms with E-state index in [-0.39, 0.29) is 5.75 Å². The second-order valence-corrected chi connectivity index (χ2v) is 8.34. The summed E-state index contributed by atoms with van der Waals surface area (Å²) in [5, 5.41) is 0.297. The zero-order valence-electron chi connectivity index (χ0n) is 16.8. The highest BCUT2D eigenvalue weighted by molar-refractivity contribution is 7.95. The Hall–Kier alpha value is -2.64. The van der Waals surface area contributed by atoms with E-state index in [4.69, 9.17) is 20.5 Å². The lowest BCUT2D eigenvalue weighted by Gasteiger charge is -2.25. The van der Waals surface area contributed by atoms with Crippen LogP contribution < -0.4 is 8.92 Å². The normalized spacial score (nSPS) is 13.7. The fourth-order valence-electron chi connectivity index (χ4n) is 3.79. The first-order valence-corrected chi connectivity index (χ1v) is 10.8. The monoisotopic (exact) mass is 480 g/mol. The predicted molar refractivity (Wildman–Crippen MR) is 119 cm³/mol. The van der Waals surface area contributed by atoms with Gasteiger partial charge >= 0.3 is 5.51 Å². The molecule has 1 aliphatic rings. The number of aryl methyl sites for hydroxylation is 1. The van der Waals surface area contributed by atoms with Crippen molar-refractivity contribution in [2.45, 2.75) is 18.3 Å². The first-order chi connectivity index (χ1) is 15.2. The van der Waals surface area contributed by atoms with E-state index in [1.165, 1.54) is 24.3 Å². The maximum atomic E-state index is 13.7. The lowest BCUT2D eigenvalue weighted by Crippen LogP contribution is -2.07. The zero-order valence-corrected chi connectivity index (χ0v) is 18.4. The number of methoxy groups -OCH3 is 1. The number of hydrogen-bond donors (Lipinski definition) is 0. The van der Waals surface area contributed by atoms with Gasteiger partial charge in [-0.1, -0.05) is 35.9 Å². The van der Waals surface area contributed by atoms with Gasteiger partial charge < -0.3 is 8.92 Å². The summed E-state index contributed by atoms with van der Waals surface area (Å²) in [7, 11) is 1.58. The highest BCUT2D eigenvalue weighted by atomic mass is 35.5. The Labute approximate surface area is 192 Å². The smallest absolute Gasteiger partial charge is 0.479 e. The number of benzene rings is 3. The van der Waals surface area contributed by atoms with E-state index < -0.39 is 23.4 Å². The molecule has 0 radical (unpaired) electrons. The molecule has 8 heteroatoms. The molecule has 0 saturated carbocycles. The molecule has 166 valence electrons. The molecule has 4 rings (SSSR count). The third kappa shape index (κ3) is 4.89. The number of ether oxygens (including phenoxy) is 1. The van der Waals surface area contributed by atoms with Gasteiger partial charge in [0, 0.05) is 0 Å². The molecule has 0 saturated heterocycles. The van der Waals surface area contributed by atoms with Crippen molar-refractivity contribution in [1.82, 2.24) is 0 Å². The van der Waals surface area contributed by atoms with Crippen LogP contribution in [0.1, 0.15) is 28.7 Å². The second-order valence-electron chi connectivity index (χ2n) is 7.14. The molecule has 3 aromatic carbocycles. The number of fused-ring (bicyclic) bond motifs is 1. The van der Waals surface area contributed by atoms with Gasteiger partial charge in [0.15, 0.2) is 12.0 Å².